The fourth-order valence-electron chi connectivity index (χ4n) is 3.91. The molecule has 1 N–H and O–H groups in total. The predicted octanol–water partition coefficient (Wildman–Crippen LogP) is 2.32. The number of benzene rings is 1. The summed E-state index contributed by atoms with van der Waals surface area (Å²) in [4.78, 5) is 18.9. The minimum atomic E-state index is -3.41. The van der Waals surface area contributed by atoms with Gasteiger partial charge in [0.15, 0.2) is 0 Å². The fraction of sp³-hybridized carbons (Fsp3) is 0.286. The SMILES string of the molecule is O=C(Nc1ccc(-c2ncc3n2CCCC3)cc1)C1=CN2CCS(=O)(=O)N=C2C=C1. The summed E-state index contributed by atoms with van der Waals surface area (Å²) in [5.74, 6) is 0.983. The number of amidine groups is 1. The van der Waals surface area contributed by atoms with Crippen molar-refractivity contribution in [3.63, 3.8) is 0 Å². The number of sulfonamides is 1. The maximum absolute atomic E-state index is 12.6. The Morgan fingerprint density at radius 1 is 1.07 bits per heavy atom. The largest absolute Gasteiger partial charge is 0.330 e. The van der Waals surface area contributed by atoms with Crippen molar-refractivity contribution >= 4 is 27.5 Å². The Morgan fingerprint density at radius 2 is 1.90 bits per heavy atom. The summed E-state index contributed by atoms with van der Waals surface area (Å²) < 4.78 is 29.2. The van der Waals surface area contributed by atoms with E-state index in [1.165, 1.54) is 18.5 Å². The van der Waals surface area contributed by atoms with E-state index in [-0.39, 0.29) is 18.2 Å². The number of fused-ring (bicyclic) bond motifs is 2. The molecule has 0 aliphatic carbocycles. The second-order valence-corrected chi connectivity index (χ2v) is 9.31. The topological polar surface area (TPSA) is 96.7 Å². The van der Waals surface area contributed by atoms with Crippen LogP contribution >= 0.6 is 0 Å². The Morgan fingerprint density at radius 3 is 2.73 bits per heavy atom. The Hall–Kier alpha value is -3.20. The molecule has 3 aliphatic heterocycles. The molecule has 4 heterocycles. The summed E-state index contributed by atoms with van der Waals surface area (Å²) in [6.45, 7) is 1.28. The third-order valence-corrected chi connectivity index (χ3v) is 6.65. The lowest BCUT2D eigenvalue weighted by molar-refractivity contribution is -0.112. The Bertz CT molecular complexity index is 1210. The smallest absolute Gasteiger partial charge is 0.257 e. The van der Waals surface area contributed by atoms with E-state index in [0.29, 0.717) is 17.1 Å². The van der Waals surface area contributed by atoms with E-state index in [2.05, 4.69) is 19.3 Å². The van der Waals surface area contributed by atoms with Crippen molar-refractivity contribution in [3.8, 4) is 11.4 Å². The number of carbonyl (C=O) groups is 1. The molecule has 8 nitrogen and oxygen atoms in total. The molecule has 0 saturated carbocycles. The number of nitrogens with one attached hydrogen (secondary N) is 1. The summed E-state index contributed by atoms with van der Waals surface area (Å²) in [6.07, 6.45) is 10.2. The number of imidazole rings is 1. The van der Waals surface area contributed by atoms with Gasteiger partial charge in [0.1, 0.15) is 11.7 Å². The van der Waals surface area contributed by atoms with Gasteiger partial charge < -0.3 is 14.8 Å². The van der Waals surface area contributed by atoms with Crippen LogP contribution in [0.5, 0.6) is 0 Å². The average Bonchev–Trinajstić information content (AvgIpc) is 3.17. The number of rotatable bonds is 3. The van der Waals surface area contributed by atoms with Gasteiger partial charge in [-0.25, -0.2) is 13.4 Å². The fourth-order valence-corrected chi connectivity index (χ4v) is 4.88. The van der Waals surface area contributed by atoms with Crippen molar-refractivity contribution < 1.29 is 13.2 Å². The van der Waals surface area contributed by atoms with Gasteiger partial charge in [0.05, 0.1) is 11.3 Å². The molecule has 1 amide bonds. The molecule has 30 heavy (non-hydrogen) atoms. The molecule has 1 aromatic carbocycles. The third kappa shape index (κ3) is 3.56. The zero-order chi connectivity index (χ0) is 20.7. The highest BCUT2D eigenvalue weighted by molar-refractivity contribution is 7.90. The molecule has 0 spiro atoms. The van der Waals surface area contributed by atoms with E-state index in [9.17, 15) is 13.2 Å². The van der Waals surface area contributed by atoms with E-state index >= 15 is 0 Å². The van der Waals surface area contributed by atoms with Crippen LogP contribution < -0.4 is 5.32 Å². The van der Waals surface area contributed by atoms with E-state index < -0.39 is 10.0 Å². The quantitative estimate of drug-likeness (QED) is 0.817. The highest BCUT2D eigenvalue weighted by Gasteiger charge is 2.25. The van der Waals surface area contributed by atoms with Gasteiger partial charge in [0.2, 0.25) is 0 Å². The summed E-state index contributed by atoms with van der Waals surface area (Å²) in [5, 5.41) is 2.89. The number of amides is 1. The second-order valence-electron chi connectivity index (χ2n) is 7.56. The van der Waals surface area contributed by atoms with Crippen LogP contribution in [0.3, 0.4) is 0 Å². The lowest BCUT2D eigenvalue weighted by Crippen LogP contribution is -2.37. The van der Waals surface area contributed by atoms with Gasteiger partial charge in [-0.3, -0.25) is 4.79 Å². The van der Waals surface area contributed by atoms with Crippen LogP contribution in [0.1, 0.15) is 18.5 Å². The van der Waals surface area contributed by atoms with E-state index in [1.807, 2.05) is 30.5 Å². The lowest BCUT2D eigenvalue weighted by atomic mass is 10.1. The number of aryl methyl sites for hydroxylation is 1. The lowest BCUT2D eigenvalue weighted by Gasteiger charge is -2.26. The monoisotopic (exact) mass is 423 g/mol. The maximum Gasteiger partial charge on any atom is 0.257 e. The molecule has 1 aromatic heterocycles. The molecule has 0 radical (unpaired) electrons. The van der Waals surface area contributed by atoms with Crippen molar-refractivity contribution in [2.45, 2.75) is 25.8 Å². The van der Waals surface area contributed by atoms with Gasteiger partial charge in [-0.15, -0.1) is 4.40 Å². The number of carbonyl (C=O) groups excluding carboxylic acids is 1. The van der Waals surface area contributed by atoms with Crippen LogP contribution in [0.2, 0.25) is 0 Å². The van der Waals surface area contributed by atoms with Crippen LogP contribution in [-0.4, -0.2) is 46.9 Å². The zero-order valence-corrected chi connectivity index (χ0v) is 17.1. The minimum Gasteiger partial charge on any atom is -0.330 e. The third-order valence-electron chi connectivity index (χ3n) is 5.49. The van der Waals surface area contributed by atoms with Crippen LogP contribution in [0.4, 0.5) is 5.69 Å². The number of nitrogens with zero attached hydrogens (tertiary/aromatic N) is 4. The highest BCUT2D eigenvalue weighted by atomic mass is 32.2. The molecule has 3 aliphatic rings. The minimum absolute atomic E-state index is 0.0608. The van der Waals surface area contributed by atoms with Crippen molar-refractivity contribution in [2.75, 3.05) is 17.6 Å². The van der Waals surface area contributed by atoms with Gasteiger partial charge in [-0.2, -0.15) is 0 Å². The molecule has 2 aromatic rings. The zero-order valence-electron chi connectivity index (χ0n) is 16.3. The molecule has 9 heteroatoms. The van der Waals surface area contributed by atoms with Crippen molar-refractivity contribution in [1.29, 1.82) is 0 Å². The van der Waals surface area contributed by atoms with Gasteiger partial charge >= 0.3 is 0 Å². The molecular weight excluding hydrogens is 402 g/mol. The van der Waals surface area contributed by atoms with Gasteiger partial charge in [-0.1, -0.05) is 0 Å². The molecular formula is C21H21N5O3S. The first-order valence-corrected chi connectivity index (χ1v) is 11.5. The molecule has 0 saturated heterocycles. The second kappa shape index (κ2) is 7.24. The first-order valence-electron chi connectivity index (χ1n) is 9.94. The first kappa shape index (κ1) is 18.8. The van der Waals surface area contributed by atoms with Gasteiger partial charge in [0.25, 0.3) is 15.9 Å². The Labute approximate surface area is 174 Å². The van der Waals surface area contributed by atoms with Crippen LogP contribution in [0.15, 0.2) is 58.8 Å². The summed E-state index contributed by atoms with van der Waals surface area (Å²) in [5.41, 5.74) is 3.43. The highest BCUT2D eigenvalue weighted by Crippen LogP contribution is 2.26. The van der Waals surface area contributed by atoms with Crippen molar-refractivity contribution in [1.82, 2.24) is 14.5 Å². The maximum atomic E-state index is 12.6. The predicted molar refractivity (Wildman–Crippen MR) is 114 cm³/mol. The molecule has 0 fully saturated rings. The number of anilines is 1. The summed E-state index contributed by atoms with van der Waals surface area (Å²) >= 11 is 0. The Balaban J connectivity index is 1.30. The van der Waals surface area contributed by atoms with Crippen LogP contribution in [0.25, 0.3) is 11.4 Å². The van der Waals surface area contributed by atoms with E-state index in [4.69, 9.17) is 0 Å². The number of aromatic nitrogens is 2. The van der Waals surface area contributed by atoms with Crippen molar-refractivity contribution in [2.24, 2.45) is 4.40 Å². The number of hydrogen-bond acceptors (Lipinski definition) is 5. The van der Waals surface area contributed by atoms with E-state index in [0.717, 1.165) is 24.4 Å². The first-order chi connectivity index (χ1) is 14.5. The van der Waals surface area contributed by atoms with Gasteiger partial charge in [0, 0.05) is 42.4 Å². The molecule has 0 unspecified atom stereocenters. The van der Waals surface area contributed by atoms with Gasteiger partial charge in [-0.05, 0) is 55.7 Å². The standard InChI is InChI=1S/C21H21N5O3S/c27-21(16-6-9-19-24-30(28,29)12-11-25(19)14-16)23-17-7-4-15(5-8-17)20-22-13-18-3-1-2-10-26(18)20/h4-9,13-14H,1-3,10-12H2,(H,23,27). The number of hydrogen-bond donors (Lipinski definition) is 1. The normalized spacial score (nSPS) is 19.4. The van der Waals surface area contributed by atoms with E-state index in [1.54, 1.807) is 23.3 Å². The Kier molecular flexibility index (Phi) is 4.54. The van der Waals surface area contributed by atoms with Crippen molar-refractivity contribution in [3.05, 3.63) is 60.1 Å². The molecule has 0 bridgehead atoms. The molecule has 0 atom stereocenters. The van der Waals surface area contributed by atoms with Crippen LogP contribution in [0, 0.1) is 0 Å². The molecule has 5 rings (SSSR count). The summed E-state index contributed by atoms with van der Waals surface area (Å²) in [6, 6.07) is 7.66. The summed E-state index contributed by atoms with van der Waals surface area (Å²) in [7, 11) is -3.41. The molecule has 154 valence electrons. The average molecular weight is 423 g/mol. The van der Waals surface area contributed by atoms with Crippen LogP contribution in [-0.2, 0) is 27.8 Å².